The number of ether oxygens (including phenoxy) is 1. The maximum Gasteiger partial charge on any atom is 0.253 e. The highest BCUT2D eigenvalue weighted by Crippen LogP contribution is 2.24. The molecule has 1 N–H and O–H groups in total. The first-order chi connectivity index (χ1) is 12.4. The van der Waals surface area contributed by atoms with Crippen LogP contribution in [0.25, 0.3) is 0 Å². The normalized spacial score (nSPS) is 11.7. The van der Waals surface area contributed by atoms with E-state index in [0.717, 1.165) is 6.42 Å². The van der Waals surface area contributed by atoms with Gasteiger partial charge in [-0.2, -0.15) is 0 Å². The second kappa shape index (κ2) is 9.46. The Bertz CT molecular complexity index is 778. The second-order valence-corrected chi connectivity index (χ2v) is 6.49. The summed E-state index contributed by atoms with van der Waals surface area (Å²) in [6.07, 6.45) is 0.513. The summed E-state index contributed by atoms with van der Waals surface area (Å²) in [5.41, 5.74) is 0.832. The molecule has 1 atom stereocenters. The van der Waals surface area contributed by atoms with Gasteiger partial charge in [0.1, 0.15) is 5.75 Å². The van der Waals surface area contributed by atoms with E-state index in [0.29, 0.717) is 22.9 Å². The van der Waals surface area contributed by atoms with Crippen LogP contribution in [0.3, 0.4) is 0 Å². The molecule has 7 heteroatoms. The fourth-order valence-corrected chi connectivity index (χ4v) is 2.84. The van der Waals surface area contributed by atoms with Crippen molar-refractivity contribution in [3.63, 3.8) is 0 Å². The van der Waals surface area contributed by atoms with Gasteiger partial charge in [0.2, 0.25) is 0 Å². The lowest BCUT2D eigenvalue weighted by Gasteiger charge is -2.20. The van der Waals surface area contributed by atoms with Crippen molar-refractivity contribution in [2.75, 3.05) is 6.61 Å². The number of hydrogen-bond donors (Lipinski definition) is 1. The predicted molar refractivity (Wildman–Crippen MR) is 98.5 cm³/mol. The van der Waals surface area contributed by atoms with Crippen LogP contribution < -0.4 is 15.2 Å². The molecule has 0 saturated heterocycles. The molecule has 0 spiro atoms. The van der Waals surface area contributed by atoms with Crippen molar-refractivity contribution in [2.45, 2.75) is 25.8 Å². The molecule has 0 bridgehead atoms. The SMILES string of the molecule is CCCOc1ccc([C@H](CC(=O)[O-])NC(=O)c2ccc(Cl)cc2Cl)cc1. The number of carboxylic acids is 1. The van der Waals surface area contributed by atoms with Crippen molar-refractivity contribution in [2.24, 2.45) is 0 Å². The molecule has 0 aromatic heterocycles. The number of rotatable bonds is 8. The van der Waals surface area contributed by atoms with Crippen LogP contribution in [-0.2, 0) is 4.79 Å². The summed E-state index contributed by atoms with van der Waals surface area (Å²) in [6, 6.07) is 10.6. The molecule has 0 aliphatic rings. The molecule has 0 unspecified atom stereocenters. The van der Waals surface area contributed by atoms with Gasteiger partial charge in [-0.1, -0.05) is 42.3 Å². The molecule has 2 aromatic rings. The standard InChI is InChI=1S/C19H19Cl2NO4/c1-2-9-26-14-6-3-12(4-7-14)17(11-18(23)24)22-19(25)15-8-5-13(20)10-16(15)21/h3-8,10,17H,2,9,11H2,1H3,(H,22,25)(H,23,24)/p-1/t17-/m0/s1. The van der Waals surface area contributed by atoms with Crippen LogP contribution in [0.2, 0.25) is 10.0 Å². The van der Waals surface area contributed by atoms with Crippen molar-refractivity contribution in [3.05, 3.63) is 63.6 Å². The van der Waals surface area contributed by atoms with E-state index in [9.17, 15) is 14.7 Å². The van der Waals surface area contributed by atoms with Crippen molar-refractivity contribution < 1.29 is 19.4 Å². The largest absolute Gasteiger partial charge is 0.550 e. The van der Waals surface area contributed by atoms with Crippen molar-refractivity contribution in [1.82, 2.24) is 5.32 Å². The fraction of sp³-hybridized carbons (Fsp3) is 0.263. The second-order valence-electron chi connectivity index (χ2n) is 5.64. The first kappa shape index (κ1) is 20.1. The molecule has 0 radical (unpaired) electrons. The quantitative estimate of drug-likeness (QED) is 0.743. The zero-order valence-corrected chi connectivity index (χ0v) is 15.6. The number of halogens is 2. The number of carbonyl (C=O) groups excluding carboxylic acids is 2. The van der Waals surface area contributed by atoms with Gasteiger partial charge < -0.3 is 20.0 Å². The summed E-state index contributed by atoms with van der Waals surface area (Å²) in [6.45, 7) is 2.59. The fourth-order valence-electron chi connectivity index (χ4n) is 2.34. The molecule has 1 amide bonds. The summed E-state index contributed by atoms with van der Waals surface area (Å²) in [7, 11) is 0. The molecule has 2 aromatic carbocycles. The number of carboxylic acid groups (broad SMARTS) is 1. The van der Waals surface area contributed by atoms with Crippen LogP contribution in [0.5, 0.6) is 5.75 Å². The van der Waals surface area contributed by atoms with Crippen molar-refractivity contribution in [3.8, 4) is 5.75 Å². The molecule has 0 aliphatic carbocycles. The number of benzene rings is 2. The lowest BCUT2D eigenvalue weighted by molar-refractivity contribution is -0.306. The van der Waals surface area contributed by atoms with Crippen LogP contribution >= 0.6 is 23.2 Å². The van der Waals surface area contributed by atoms with E-state index in [1.165, 1.54) is 18.2 Å². The van der Waals surface area contributed by atoms with Crippen LogP contribution in [0.1, 0.15) is 41.7 Å². The van der Waals surface area contributed by atoms with Gasteiger partial charge in [0.25, 0.3) is 5.91 Å². The lowest BCUT2D eigenvalue weighted by Crippen LogP contribution is -2.34. The number of nitrogens with one attached hydrogen (secondary N) is 1. The molecule has 5 nitrogen and oxygen atoms in total. The monoisotopic (exact) mass is 394 g/mol. The van der Waals surface area contributed by atoms with E-state index in [-0.39, 0.29) is 17.0 Å². The number of carbonyl (C=O) groups is 2. The highest BCUT2D eigenvalue weighted by molar-refractivity contribution is 6.36. The lowest BCUT2D eigenvalue weighted by atomic mass is 10.0. The molecule has 0 aliphatic heterocycles. The van der Waals surface area contributed by atoms with E-state index >= 15 is 0 Å². The first-order valence-corrected chi connectivity index (χ1v) is 8.84. The Kier molecular flexibility index (Phi) is 7.30. The summed E-state index contributed by atoms with van der Waals surface area (Å²) >= 11 is 11.9. The van der Waals surface area contributed by atoms with Gasteiger partial charge in [-0.05, 0) is 42.3 Å². The highest BCUT2D eigenvalue weighted by Gasteiger charge is 2.18. The van der Waals surface area contributed by atoms with Crippen molar-refractivity contribution >= 4 is 35.1 Å². The van der Waals surface area contributed by atoms with E-state index in [1.807, 2.05) is 6.92 Å². The zero-order chi connectivity index (χ0) is 19.1. The van der Waals surface area contributed by atoms with Gasteiger partial charge >= 0.3 is 0 Å². The minimum Gasteiger partial charge on any atom is -0.550 e. The smallest absolute Gasteiger partial charge is 0.253 e. The Hall–Kier alpha value is -2.24. The average Bonchev–Trinajstić information content (AvgIpc) is 2.59. The Morgan fingerprint density at radius 2 is 1.85 bits per heavy atom. The Morgan fingerprint density at radius 3 is 2.42 bits per heavy atom. The first-order valence-electron chi connectivity index (χ1n) is 8.09. The predicted octanol–water partition coefficient (Wildman–Crippen LogP) is 3.39. The summed E-state index contributed by atoms with van der Waals surface area (Å²) in [5, 5.41) is 14.4. The van der Waals surface area contributed by atoms with Gasteiger partial charge in [-0.3, -0.25) is 4.79 Å². The van der Waals surface area contributed by atoms with Crippen LogP contribution in [0.15, 0.2) is 42.5 Å². The zero-order valence-electron chi connectivity index (χ0n) is 14.1. The summed E-state index contributed by atoms with van der Waals surface area (Å²) in [4.78, 5) is 23.6. The third kappa shape index (κ3) is 5.64. The summed E-state index contributed by atoms with van der Waals surface area (Å²) < 4.78 is 5.50. The molecule has 138 valence electrons. The van der Waals surface area contributed by atoms with Gasteiger partial charge in [0, 0.05) is 17.4 Å². The van der Waals surface area contributed by atoms with Crippen LogP contribution in [-0.4, -0.2) is 18.5 Å². The Morgan fingerprint density at radius 1 is 1.15 bits per heavy atom. The molecular formula is C19H18Cl2NO4-. The number of hydrogen-bond acceptors (Lipinski definition) is 4. The van der Waals surface area contributed by atoms with Crippen molar-refractivity contribution in [1.29, 1.82) is 0 Å². The number of aliphatic carboxylic acids is 1. The number of amides is 1. The van der Waals surface area contributed by atoms with Gasteiger partial charge in [0.05, 0.1) is 23.2 Å². The molecule has 0 heterocycles. The van der Waals surface area contributed by atoms with E-state index in [4.69, 9.17) is 27.9 Å². The van der Waals surface area contributed by atoms with E-state index < -0.39 is 17.9 Å². The van der Waals surface area contributed by atoms with Gasteiger partial charge in [-0.15, -0.1) is 0 Å². The Balaban J connectivity index is 2.18. The van der Waals surface area contributed by atoms with E-state index in [2.05, 4.69) is 5.32 Å². The highest BCUT2D eigenvalue weighted by atomic mass is 35.5. The maximum atomic E-state index is 12.5. The molecule has 0 fully saturated rings. The Labute approximate surface area is 161 Å². The molecule has 0 saturated carbocycles. The van der Waals surface area contributed by atoms with Crippen LogP contribution in [0, 0.1) is 0 Å². The third-order valence-corrected chi connectivity index (χ3v) is 4.16. The van der Waals surface area contributed by atoms with Gasteiger partial charge in [0.15, 0.2) is 0 Å². The third-order valence-electron chi connectivity index (χ3n) is 3.61. The minimum atomic E-state index is -1.27. The molecule has 2 rings (SSSR count). The summed E-state index contributed by atoms with van der Waals surface area (Å²) in [5.74, 6) is -1.09. The molecular weight excluding hydrogens is 377 g/mol. The average molecular weight is 395 g/mol. The minimum absolute atomic E-state index is 0.186. The molecule has 26 heavy (non-hydrogen) atoms. The topological polar surface area (TPSA) is 78.5 Å². The maximum absolute atomic E-state index is 12.5. The van der Waals surface area contributed by atoms with Crippen LogP contribution in [0.4, 0.5) is 0 Å². The van der Waals surface area contributed by atoms with E-state index in [1.54, 1.807) is 24.3 Å². The van der Waals surface area contributed by atoms with Gasteiger partial charge in [-0.25, -0.2) is 0 Å².